The van der Waals surface area contributed by atoms with E-state index in [1.165, 1.54) is 38.5 Å². The van der Waals surface area contributed by atoms with Gasteiger partial charge in [-0.1, -0.05) is 118 Å². The molecule has 0 aliphatic carbocycles. The number of allylic oxidation sites excluding steroid dienone is 11. The number of carbonyl (C=O) groups excluding carboxylic acids is 1. The Morgan fingerprint density at radius 3 is 1.79 bits per heavy atom. The normalized spacial score (nSPS) is 15.3. The van der Waals surface area contributed by atoms with Gasteiger partial charge < -0.3 is 24.9 Å². The van der Waals surface area contributed by atoms with Crippen LogP contribution in [0.1, 0.15) is 129 Å². The summed E-state index contributed by atoms with van der Waals surface area (Å²) in [6.07, 6.45) is 42.8. The maximum atomic E-state index is 12.8. The number of nitrogens with zero attached hydrogens (tertiary/aromatic N) is 1. The summed E-state index contributed by atoms with van der Waals surface area (Å²) in [6.45, 7) is 2.70. The van der Waals surface area contributed by atoms with Gasteiger partial charge in [0.1, 0.15) is 13.2 Å². The summed E-state index contributed by atoms with van der Waals surface area (Å²) in [7, 11) is 1.49. The van der Waals surface area contributed by atoms with Crippen LogP contribution in [0.25, 0.3) is 0 Å². The Labute approximate surface area is 317 Å². The fraction of sp³-hybridized carbons (Fsp3) is 0.690. The number of hydrogen-bond donors (Lipinski definition) is 4. The minimum Gasteiger partial charge on any atom is -0.396 e. The Morgan fingerprint density at radius 1 is 0.692 bits per heavy atom. The predicted octanol–water partition coefficient (Wildman–Crippen LogP) is 9.43. The van der Waals surface area contributed by atoms with E-state index in [1.54, 1.807) is 6.08 Å². The molecule has 300 valence electrons. The van der Waals surface area contributed by atoms with Crippen LogP contribution in [-0.4, -0.2) is 85.2 Å². The molecule has 0 aromatic rings. The number of hydrogen-bond acceptors (Lipinski definition) is 6. The van der Waals surface area contributed by atoms with Gasteiger partial charge in [-0.25, -0.2) is 4.57 Å². The number of phosphoric ester groups is 1. The van der Waals surface area contributed by atoms with E-state index in [4.69, 9.17) is 14.2 Å². The Balaban J connectivity index is 4.65. The maximum absolute atomic E-state index is 12.8. The first-order valence-electron chi connectivity index (χ1n) is 19.9. The van der Waals surface area contributed by atoms with E-state index < -0.39 is 20.0 Å². The highest BCUT2D eigenvalue weighted by molar-refractivity contribution is 7.47. The van der Waals surface area contributed by atoms with Gasteiger partial charge in [0.05, 0.1) is 39.9 Å². The smallest absolute Gasteiger partial charge is 0.396 e. The lowest BCUT2D eigenvalue weighted by molar-refractivity contribution is -0.870. The quantitative estimate of drug-likeness (QED) is 0.0220. The van der Waals surface area contributed by atoms with E-state index >= 15 is 0 Å². The number of amides is 1. The van der Waals surface area contributed by atoms with Crippen molar-refractivity contribution in [2.24, 2.45) is 0 Å². The molecule has 1 amide bonds. The second-order valence-electron chi connectivity index (χ2n) is 14.4. The molecule has 0 aliphatic heterocycles. The summed E-state index contributed by atoms with van der Waals surface area (Å²) in [5.74, 6) is -0.256. The summed E-state index contributed by atoms with van der Waals surface area (Å²) in [6, 6.07) is -0.900. The molecule has 9 nitrogen and oxygen atoms in total. The zero-order valence-corrected chi connectivity index (χ0v) is 34.1. The van der Waals surface area contributed by atoms with Gasteiger partial charge in [-0.3, -0.25) is 13.8 Å². The van der Waals surface area contributed by atoms with Crippen molar-refractivity contribution in [1.29, 1.82) is 0 Å². The fourth-order valence-corrected chi connectivity index (χ4v) is 5.70. The van der Waals surface area contributed by atoms with Crippen LogP contribution < -0.4 is 5.32 Å². The Hall–Kier alpha value is -2.10. The van der Waals surface area contributed by atoms with Crippen molar-refractivity contribution < 1.29 is 38.0 Å². The molecule has 0 heterocycles. The molecule has 0 rings (SSSR count). The van der Waals surface area contributed by atoms with Gasteiger partial charge >= 0.3 is 7.82 Å². The molecule has 0 aromatic heterocycles. The number of likely N-dealkylation sites (N-methyl/N-ethyl adjacent to an activating group) is 1. The number of aliphatic hydroxyl groups is 2. The van der Waals surface area contributed by atoms with E-state index in [1.807, 2.05) is 27.2 Å². The standard InChI is InChI=1S/C42H75N2O7P/c1-5-6-7-8-9-10-11-19-22-25-28-31-34-41(46)40(39-51-52(48,49)50-38-36-44(2,3)4)43-42(47)35-32-29-26-23-20-17-15-13-12-14-16-18-21-24-27-30-33-37-45/h12,14-15,17-19,21-23,26,31,34,40-41,45-46H,5-11,13,16,20,24-25,27-30,32-33,35-39H2,1-4H3,(H-,43,47,48,49)/p+1/b14-12-,17-15-,21-18-,22-19-,26-23-,34-31+/t40-,41+/m0/s1. The lowest BCUT2D eigenvalue weighted by atomic mass is 10.1. The minimum absolute atomic E-state index is 0.0372. The number of aliphatic hydroxyl groups excluding tert-OH is 2. The lowest BCUT2D eigenvalue weighted by Crippen LogP contribution is -2.45. The Bertz CT molecular complexity index is 1080. The van der Waals surface area contributed by atoms with Crippen LogP contribution in [-0.2, 0) is 18.4 Å². The van der Waals surface area contributed by atoms with Crippen molar-refractivity contribution in [3.05, 3.63) is 72.9 Å². The highest BCUT2D eigenvalue weighted by Gasteiger charge is 2.27. The van der Waals surface area contributed by atoms with Crippen molar-refractivity contribution in [3.63, 3.8) is 0 Å². The molecule has 0 fully saturated rings. The molecule has 0 aliphatic rings. The second-order valence-corrected chi connectivity index (χ2v) is 15.8. The zero-order chi connectivity index (χ0) is 38.6. The van der Waals surface area contributed by atoms with E-state index in [2.05, 4.69) is 73.0 Å². The van der Waals surface area contributed by atoms with Gasteiger partial charge in [-0.2, -0.15) is 0 Å². The second kappa shape index (κ2) is 34.7. The van der Waals surface area contributed by atoms with Gasteiger partial charge in [-0.05, 0) is 77.0 Å². The predicted molar refractivity (Wildman–Crippen MR) is 218 cm³/mol. The molecule has 0 radical (unpaired) electrons. The van der Waals surface area contributed by atoms with Crippen LogP contribution in [0.3, 0.4) is 0 Å². The number of phosphoric acid groups is 1. The lowest BCUT2D eigenvalue weighted by Gasteiger charge is -2.25. The first-order chi connectivity index (χ1) is 25.0. The van der Waals surface area contributed by atoms with Crippen molar-refractivity contribution in [2.75, 3.05) is 47.5 Å². The molecule has 0 saturated carbocycles. The summed E-state index contributed by atoms with van der Waals surface area (Å²) in [5.41, 5.74) is 0. The number of carbonyl (C=O) groups is 1. The summed E-state index contributed by atoms with van der Waals surface area (Å²) < 4.78 is 23.4. The number of unbranched alkanes of at least 4 members (excludes halogenated alkanes) is 11. The molecule has 0 aromatic carbocycles. The molecular weight excluding hydrogens is 675 g/mol. The summed E-state index contributed by atoms with van der Waals surface area (Å²) >= 11 is 0. The molecule has 3 atom stereocenters. The summed E-state index contributed by atoms with van der Waals surface area (Å²) in [5, 5.41) is 22.5. The van der Waals surface area contributed by atoms with E-state index in [-0.39, 0.29) is 32.1 Å². The largest absolute Gasteiger partial charge is 0.472 e. The minimum atomic E-state index is -4.36. The molecule has 1 unspecified atom stereocenters. The van der Waals surface area contributed by atoms with Crippen molar-refractivity contribution in [2.45, 2.75) is 141 Å². The third-order valence-corrected chi connectivity index (χ3v) is 9.19. The highest BCUT2D eigenvalue weighted by atomic mass is 31.2. The van der Waals surface area contributed by atoms with E-state index in [9.17, 15) is 19.4 Å². The maximum Gasteiger partial charge on any atom is 0.472 e. The molecule has 10 heteroatoms. The van der Waals surface area contributed by atoms with E-state index in [0.717, 1.165) is 70.6 Å². The van der Waals surface area contributed by atoms with Crippen molar-refractivity contribution in [1.82, 2.24) is 5.32 Å². The summed E-state index contributed by atoms with van der Waals surface area (Å²) in [4.78, 5) is 23.0. The van der Waals surface area contributed by atoms with Gasteiger partial charge in [0.15, 0.2) is 0 Å². The van der Waals surface area contributed by atoms with Gasteiger partial charge in [0.25, 0.3) is 0 Å². The Kier molecular flexibility index (Phi) is 33.3. The fourth-order valence-electron chi connectivity index (χ4n) is 4.97. The first-order valence-corrected chi connectivity index (χ1v) is 21.4. The molecular formula is C42H76N2O7P+. The van der Waals surface area contributed by atoms with Gasteiger partial charge in [-0.15, -0.1) is 0 Å². The third-order valence-electron chi connectivity index (χ3n) is 8.20. The van der Waals surface area contributed by atoms with Gasteiger partial charge in [0.2, 0.25) is 5.91 Å². The van der Waals surface area contributed by atoms with Crippen LogP contribution >= 0.6 is 7.82 Å². The number of quaternary nitrogens is 1. The molecule has 4 N–H and O–H groups in total. The average Bonchev–Trinajstić information content (AvgIpc) is 3.09. The Morgan fingerprint density at radius 2 is 1.19 bits per heavy atom. The molecule has 0 bridgehead atoms. The van der Waals surface area contributed by atoms with Crippen LogP contribution in [0.5, 0.6) is 0 Å². The molecule has 52 heavy (non-hydrogen) atoms. The number of rotatable bonds is 35. The topological polar surface area (TPSA) is 125 Å². The van der Waals surface area contributed by atoms with E-state index in [0.29, 0.717) is 17.4 Å². The molecule has 0 spiro atoms. The number of nitrogens with one attached hydrogen (secondary N) is 1. The zero-order valence-electron chi connectivity index (χ0n) is 33.2. The van der Waals surface area contributed by atoms with Gasteiger partial charge in [0, 0.05) is 13.0 Å². The van der Waals surface area contributed by atoms with Crippen LogP contribution in [0.15, 0.2) is 72.9 Å². The highest BCUT2D eigenvalue weighted by Crippen LogP contribution is 2.43. The van der Waals surface area contributed by atoms with Crippen LogP contribution in [0, 0.1) is 0 Å². The van der Waals surface area contributed by atoms with Crippen molar-refractivity contribution >= 4 is 13.7 Å². The van der Waals surface area contributed by atoms with Crippen LogP contribution in [0.2, 0.25) is 0 Å². The first kappa shape index (κ1) is 49.9. The molecule has 0 saturated heterocycles. The third kappa shape index (κ3) is 36.3. The SMILES string of the molecule is CCCCCCCC/C=C\CC/C=C/[C@@H](O)[C@H](COP(=O)(O)OCC[N+](C)(C)C)NC(=O)CCC/C=C\C/C=C\C/C=C\C/C=C\CCCCCO. The van der Waals surface area contributed by atoms with Crippen LogP contribution in [0.4, 0.5) is 0 Å². The monoisotopic (exact) mass is 752 g/mol. The van der Waals surface area contributed by atoms with Crippen molar-refractivity contribution in [3.8, 4) is 0 Å². The average molecular weight is 752 g/mol.